The number of carboxylic acid groups (broad SMARTS) is 1. The second kappa shape index (κ2) is 5.82. The molecule has 2 N–H and O–H groups in total. The van der Waals surface area contributed by atoms with E-state index in [1.165, 1.54) is 12.3 Å². The van der Waals surface area contributed by atoms with E-state index in [2.05, 4.69) is 0 Å². The first kappa shape index (κ1) is 12.8. The van der Waals surface area contributed by atoms with Gasteiger partial charge in [-0.05, 0) is 16.9 Å². The van der Waals surface area contributed by atoms with Gasteiger partial charge in [-0.3, -0.25) is 5.21 Å². The number of aromatic carboxylic acids is 1. The highest BCUT2D eigenvalue weighted by Crippen LogP contribution is 2.06. The van der Waals surface area contributed by atoms with Crippen molar-refractivity contribution in [1.82, 2.24) is 0 Å². The van der Waals surface area contributed by atoms with Crippen molar-refractivity contribution in [3.05, 3.63) is 71.3 Å². The molecule has 0 fully saturated rings. The third-order valence-corrected chi connectivity index (χ3v) is 2.67. The summed E-state index contributed by atoms with van der Waals surface area (Å²) in [6, 6.07) is 16.0. The Hall–Kier alpha value is -2.62. The first-order valence-corrected chi connectivity index (χ1v) is 5.83. The van der Waals surface area contributed by atoms with Gasteiger partial charge in [-0.15, -0.1) is 0 Å². The molecular weight excluding hydrogens is 242 g/mol. The van der Waals surface area contributed by atoms with Crippen LogP contribution in [0.4, 0.5) is 0 Å². The van der Waals surface area contributed by atoms with E-state index in [0.29, 0.717) is 12.1 Å². The summed E-state index contributed by atoms with van der Waals surface area (Å²) < 4.78 is 0.983. The van der Waals surface area contributed by atoms with Crippen molar-refractivity contribution in [3.63, 3.8) is 0 Å². The summed E-state index contributed by atoms with van der Waals surface area (Å²) >= 11 is 0. The van der Waals surface area contributed by atoms with Gasteiger partial charge in [0.05, 0.1) is 11.1 Å². The summed E-state index contributed by atoms with van der Waals surface area (Å²) in [6.07, 6.45) is 1.41. The van der Waals surface area contributed by atoms with Crippen LogP contribution in [0, 0.1) is 0 Å². The summed E-state index contributed by atoms with van der Waals surface area (Å²) in [5, 5.41) is 18.9. The van der Waals surface area contributed by atoms with Crippen LogP contribution >= 0.6 is 0 Å². The summed E-state index contributed by atoms with van der Waals surface area (Å²) in [5.41, 5.74) is 1.57. The third kappa shape index (κ3) is 3.42. The smallest absolute Gasteiger partial charge is 0.336 e. The Morgan fingerprint density at radius 1 is 1.05 bits per heavy atom. The van der Waals surface area contributed by atoms with E-state index >= 15 is 0 Å². The molecule has 2 aromatic carbocycles. The number of hydrogen-bond acceptors (Lipinski definition) is 2. The van der Waals surface area contributed by atoms with E-state index in [1.807, 2.05) is 30.3 Å². The molecule has 0 amide bonds. The predicted octanol–water partition coefficient (Wildman–Crippen LogP) is 2.41. The maximum atomic E-state index is 11.0. The molecule has 0 aliphatic carbocycles. The number of hydrogen-bond donors (Lipinski definition) is 2. The molecule has 4 nitrogen and oxygen atoms in total. The summed E-state index contributed by atoms with van der Waals surface area (Å²) in [7, 11) is 0. The fourth-order valence-corrected chi connectivity index (χ4v) is 1.78. The minimum absolute atomic E-state index is 0.162. The van der Waals surface area contributed by atoms with Crippen molar-refractivity contribution < 1.29 is 19.8 Å². The highest BCUT2D eigenvalue weighted by molar-refractivity contribution is 5.97. The van der Waals surface area contributed by atoms with Crippen molar-refractivity contribution in [1.29, 1.82) is 0 Å². The van der Waals surface area contributed by atoms with Gasteiger partial charge in [0.2, 0.25) is 12.8 Å². The van der Waals surface area contributed by atoms with E-state index in [0.717, 1.165) is 10.3 Å². The highest BCUT2D eigenvalue weighted by Gasteiger charge is 2.12. The van der Waals surface area contributed by atoms with E-state index in [1.54, 1.807) is 18.2 Å². The van der Waals surface area contributed by atoms with Crippen LogP contribution in [0.25, 0.3) is 0 Å². The number of nitrogens with zero attached hydrogens (tertiary/aromatic N) is 1. The molecule has 0 saturated carbocycles. The molecule has 96 valence electrons. The van der Waals surface area contributed by atoms with Gasteiger partial charge in [0.1, 0.15) is 0 Å². The second-order valence-electron chi connectivity index (χ2n) is 4.10. The quantitative estimate of drug-likeness (QED) is 0.382. The van der Waals surface area contributed by atoms with E-state index in [9.17, 15) is 10.0 Å². The Bertz CT molecular complexity index is 606. The van der Waals surface area contributed by atoms with Crippen LogP contribution in [0.2, 0.25) is 0 Å². The van der Waals surface area contributed by atoms with Gasteiger partial charge in [0.15, 0.2) is 0 Å². The van der Waals surface area contributed by atoms with E-state index in [-0.39, 0.29) is 5.56 Å². The first-order valence-electron chi connectivity index (χ1n) is 5.83. The maximum absolute atomic E-state index is 11.0. The van der Waals surface area contributed by atoms with Crippen LogP contribution in [-0.2, 0) is 6.54 Å². The Morgan fingerprint density at radius 3 is 2.37 bits per heavy atom. The molecule has 0 radical (unpaired) electrons. The predicted molar refractivity (Wildman–Crippen MR) is 70.8 cm³/mol. The largest absolute Gasteiger partial charge is 0.478 e. The van der Waals surface area contributed by atoms with Crippen LogP contribution in [0.3, 0.4) is 0 Å². The molecule has 0 aliphatic heterocycles. The highest BCUT2D eigenvalue weighted by atomic mass is 16.5. The van der Waals surface area contributed by atoms with Crippen LogP contribution in [0.1, 0.15) is 21.5 Å². The lowest BCUT2D eigenvalue weighted by Gasteiger charge is -1.99. The lowest BCUT2D eigenvalue weighted by atomic mass is 10.1. The topological polar surface area (TPSA) is 60.5 Å². The molecular formula is C15H14NO3+. The Morgan fingerprint density at radius 2 is 1.68 bits per heavy atom. The van der Waals surface area contributed by atoms with Crippen LogP contribution in [-0.4, -0.2) is 27.2 Å². The Labute approximate surface area is 110 Å². The maximum Gasteiger partial charge on any atom is 0.336 e. The average Bonchev–Trinajstić information content (AvgIpc) is 2.40. The van der Waals surface area contributed by atoms with Crippen molar-refractivity contribution in [2.75, 3.05) is 0 Å². The fraction of sp³-hybridized carbons (Fsp3) is 0.0667. The van der Waals surface area contributed by atoms with E-state index in [4.69, 9.17) is 5.11 Å². The van der Waals surface area contributed by atoms with E-state index < -0.39 is 5.97 Å². The van der Waals surface area contributed by atoms with Gasteiger partial charge in [0, 0.05) is 5.56 Å². The molecule has 2 aromatic rings. The van der Waals surface area contributed by atoms with Crippen molar-refractivity contribution in [3.8, 4) is 0 Å². The summed E-state index contributed by atoms with van der Waals surface area (Å²) in [6.45, 7) is 0.300. The molecule has 0 spiro atoms. The monoisotopic (exact) mass is 256 g/mol. The number of carboxylic acids is 1. The molecule has 0 aromatic heterocycles. The Kier molecular flexibility index (Phi) is 3.93. The van der Waals surface area contributed by atoms with Crippen LogP contribution < -0.4 is 0 Å². The molecule has 19 heavy (non-hydrogen) atoms. The number of rotatable bonds is 4. The van der Waals surface area contributed by atoms with Gasteiger partial charge >= 0.3 is 5.97 Å². The van der Waals surface area contributed by atoms with Crippen molar-refractivity contribution >= 4 is 12.2 Å². The van der Waals surface area contributed by atoms with Gasteiger partial charge in [-0.2, -0.15) is 0 Å². The molecule has 4 heteroatoms. The zero-order valence-electron chi connectivity index (χ0n) is 10.2. The fourth-order valence-electron chi connectivity index (χ4n) is 1.78. The zero-order valence-corrected chi connectivity index (χ0v) is 10.2. The first-order chi connectivity index (χ1) is 9.16. The number of carbonyl (C=O) groups is 1. The normalized spacial score (nSPS) is 11.3. The summed E-state index contributed by atoms with van der Waals surface area (Å²) in [4.78, 5) is 11.0. The number of hydroxylamine groups is 1. The lowest BCUT2D eigenvalue weighted by molar-refractivity contribution is -0.783. The minimum Gasteiger partial charge on any atom is -0.478 e. The van der Waals surface area contributed by atoms with Gasteiger partial charge < -0.3 is 5.11 Å². The van der Waals surface area contributed by atoms with Gasteiger partial charge in [-0.25, -0.2) is 4.79 Å². The molecule has 0 heterocycles. The van der Waals surface area contributed by atoms with Gasteiger partial charge in [0.25, 0.3) is 0 Å². The Balaban J connectivity index is 2.24. The molecule has 0 bridgehead atoms. The lowest BCUT2D eigenvalue weighted by Crippen LogP contribution is -2.11. The van der Waals surface area contributed by atoms with Crippen LogP contribution in [0.5, 0.6) is 0 Å². The molecule has 0 saturated heterocycles. The molecule has 0 atom stereocenters. The molecule has 0 unspecified atom stereocenters. The molecule has 2 rings (SSSR count). The molecule has 0 aliphatic rings. The average molecular weight is 256 g/mol. The number of benzene rings is 2. The van der Waals surface area contributed by atoms with Crippen LogP contribution in [0.15, 0.2) is 54.6 Å². The van der Waals surface area contributed by atoms with Crippen molar-refractivity contribution in [2.45, 2.75) is 6.54 Å². The van der Waals surface area contributed by atoms with Crippen molar-refractivity contribution in [2.24, 2.45) is 0 Å². The standard InChI is InChI=1S/C15H13NO3/c17-15(18)14-9-5-4-8-13(14)11-16(19)10-12-6-2-1-3-7-12/h1-9,11H,10H2,(H-,17,18,19)/p+1/b16-11-. The SMILES string of the molecule is O=C(O)c1ccccc1/C=[N+](\O)Cc1ccccc1. The minimum atomic E-state index is -1.01. The van der Waals surface area contributed by atoms with Gasteiger partial charge in [-0.1, -0.05) is 42.5 Å². The second-order valence-corrected chi connectivity index (χ2v) is 4.10. The zero-order chi connectivity index (χ0) is 13.7. The summed E-state index contributed by atoms with van der Waals surface area (Å²) in [5.74, 6) is -1.01. The third-order valence-electron chi connectivity index (χ3n) is 2.67.